The highest BCUT2D eigenvalue weighted by molar-refractivity contribution is 6.18. The van der Waals surface area contributed by atoms with Crippen molar-refractivity contribution in [3.63, 3.8) is 0 Å². The highest BCUT2D eigenvalue weighted by atomic mass is 35.5. The lowest BCUT2D eigenvalue weighted by Gasteiger charge is -2.45. The molecule has 0 aromatic heterocycles. The molecule has 0 radical (unpaired) electrons. The Morgan fingerprint density at radius 1 is 1.25 bits per heavy atom. The molecule has 1 aliphatic carbocycles. The topological polar surface area (TPSA) is 34.3 Å². The highest BCUT2D eigenvalue weighted by Gasteiger charge is 2.70. The van der Waals surface area contributed by atoms with Gasteiger partial charge >= 0.3 is 0 Å². The Labute approximate surface area is 152 Å². The van der Waals surface area contributed by atoms with Crippen LogP contribution < -0.4 is 0 Å². The van der Waals surface area contributed by atoms with Crippen LogP contribution in [0.4, 0.5) is 0 Å². The molecular weight excluding hydrogens is 324 g/mol. The molecule has 1 saturated carbocycles. The third kappa shape index (κ3) is 2.94. The van der Waals surface area contributed by atoms with Crippen LogP contribution in [0.5, 0.6) is 0 Å². The maximum Gasteiger partial charge on any atom is 0.105 e. The van der Waals surface area contributed by atoms with Crippen molar-refractivity contribution in [3.8, 4) is 0 Å². The van der Waals surface area contributed by atoms with Crippen molar-refractivity contribution in [1.29, 1.82) is 0 Å². The third-order valence-corrected chi connectivity index (χ3v) is 7.85. The first-order valence-corrected chi connectivity index (χ1v) is 10.3. The first kappa shape index (κ1) is 18.9. The van der Waals surface area contributed by atoms with E-state index in [4.69, 9.17) is 25.8 Å². The zero-order valence-corrected chi connectivity index (χ0v) is 17.0. The van der Waals surface area contributed by atoms with E-state index in [0.717, 1.165) is 38.7 Å². The molecule has 2 aliphatic heterocycles. The molecule has 0 bridgehead atoms. The minimum Gasteiger partial charge on any atom is -0.375 e. The predicted molar refractivity (Wildman–Crippen MR) is 97.7 cm³/mol. The molecule has 7 atom stereocenters. The molecule has 3 aliphatic rings. The van der Waals surface area contributed by atoms with Gasteiger partial charge in [-0.3, -0.25) is 0 Å². The fourth-order valence-electron chi connectivity index (χ4n) is 5.50. The fourth-order valence-corrected chi connectivity index (χ4v) is 5.73. The Hall–Kier alpha value is 0.170. The minimum atomic E-state index is -0.115. The average Bonchev–Trinajstić information content (AvgIpc) is 3.37. The predicted octanol–water partition coefficient (Wildman–Crippen LogP) is 4.94. The molecule has 0 aromatic carbocycles. The van der Waals surface area contributed by atoms with Crippen LogP contribution in [0, 0.1) is 11.8 Å². The Kier molecular flexibility index (Phi) is 4.82. The van der Waals surface area contributed by atoms with E-state index >= 15 is 0 Å². The molecule has 140 valence electrons. The van der Waals surface area contributed by atoms with Gasteiger partial charge < -0.3 is 14.2 Å². The van der Waals surface area contributed by atoms with Gasteiger partial charge in [-0.2, -0.15) is 0 Å². The molecule has 0 N–H and O–H groups in total. The van der Waals surface area contributed by atoms with E-state index in [2.05, 4.69) is 41.5 Å². The number of alkyl halides is 1. The lowest BCUT2D eigenvalue weighted by molar-refractivity contribution is -0.104. The average molecular weight is 359 g/mol. The van der Waals surface area contributed by atoms with Gasteiger partial charge in [-0.15, -0.1) is 11.6 Å². The van der Waals surface area contributed by atoms with Crippen LogP contribution in [0.3, 0.4) is 0 Å². The van der Waals surface area contributed by atoms with Gasteiger partial charge in [0.25, 0.3) is 0 Å². The van der Waals surface area contributed by atoms with E-state index in [-0.39, 0.29) is 28.5 Å². The summed E-state index contributed by atoms with van der Waals surface area (Å²) in [6.07, 6.45) is 5.72. The summed E-state index contributed by atoms with van der Waals surface area (Å²) < 4.78 is 18.4. The maximum atomic E-state index is 6.36. The number of halogens is 1. The zero-order chi connectivity index (χ0) is 17.8. The summed E-state index contributed by atoms with van der Waals surface area (Å²) in [5.74, 6) is 1.73. The summed E-state index contributed by atoms with van der Waals surface area (Å²) in [6, 6.07) is 0. The second-order valence-electron chi connectivity index (χ2n) is 9.01. The number of epoxide rings is 2. The van der Waals surface area contributed by atoms with Gasteiger partial charge in [-0.05, 0) is 71.6 Å². The molecule has 0 spiro atoms. The monoisotopic (exact) mass is 358 g/mol. The number of ether oxygens (including phenoxy) is 3. The molecule has 7 unspecified atom stereocenters. The largest absolute Gasteiger partial charge is 0.375 e. The van der Waals surface area contributed by atoms with Crippen LogP contribution in [-0.2, 0) is 14.2 Å². The summed E-state index contributed by atoms with van der Waals surface area (Å²) in [4.78, 5) is 0. The van der Waals surface area contributed by atoms with Crippen LogP contribution in [-0.4, -0.2) is 41.0 Å². The molecule has 0 amide bonds. The minimum absolute atomic E-state index is 0.0866. The Morgan fingerprint density at radius 2 is 1.96 bits per heavy atom. The number of rotatable bonds is 8. The highest BCUT2D eigenvalue weighted by Crippen LogP contribution is 2.64. The van der Waals surface area contributed by atoms with Crippen molar-refractivity contribution in [2.24, 2.45) is 11.8 Å². The van der Waals surface area contributed by atoms with E-state index in [1.165, 1.54) is 0 Å². The molecule has 3 nitrogen and oxygen atoms in total. The Bertz CT molecular complexity index is 486. The summed E-state index contributed by atoms with van der Waals surface area (Å²) >= 11 is 6.02. The number of hydrogen-bond donors (Lipinski definition) is 0. The van der Waals surface area contributed by atoms with E-state index < -0.39 is 0 Å². The van der Waals surface area contributed by atoms with Gasteiger partial charge in [-0.1, -0.05) is 13.8 Å². The second kappa shape index (κ2) is 6.11. The van der Waals surface area contributed by atoms with E-state index in [9.17, 15) is 0 Å². The molecule has 3 rings (SSSR count). The van der Waals surface area contributed by atoms with Crippen molar-refractivity contribution in [3.05, 3.63) is 0 Å². The van der Waals surface area contributed by atoms with Gasteiger partial charge in [-0.25, -0.2) is 0 Å². The van der Waals surface area contributed by atoms with Crippen molar-refractivity contribution in [2.45, 2.75) is 102 Å². The van der Waals surface area contributed by atoms with Gasteiger partial charge in [0.15, 0.2) is 0 Å². The molecule has 3 fully saturated rings. The van der Waals surface area contributed by atoms with Crippen LogP contribution in [0.2, 0.25) is 0 Å². The van der Waals surface area contributed by atoms with Gasteiger partial charge in [0.2, 0.25) is 0 Å². The van der Waals surface area contributed by atoms with E-state index in [0.29, 0.717) is 17.7 Å². The summed E-state index contributed by atoms with van der Waals surface area (Å²) in [6.45, 7) is 14.2. The first-order valence-electron chi connectivity index (χ1n) is 9.75. The second-order valence-corrected chi connectivity index (χ2v) is 9.28. The molecule has 24 heavy (non-hydrogen) atoms. The lowest BCUT2D eigenvalue weighted by Crippen LogP contribution is -2.48. The zero-order valence-electron chi connectivity index (χ0n) is 16.3. The van der Waals surface area contributed by atoms with Crippen molar-refractivity contribution in [1.82, 2.24) is 0 Å². The summed E-state index contributed by atoms with van der Waals surface area (Å²) in [5.41, 5.74) is -0.0384. The van der Waals surface area contributed by atoms with Crippen LogP contribution >= 0.6 is 11.6 Å². The smallest absolute Gasteiger partial charge is 0.105 e. The lowest BCUT2D eigenvalue weighted by atomic mass is 9.62. The van der Waals surface area contributed by atoms with Crippen LogP contribution in [0.25, 0.3) is 0 Å². The van der Waals surface area contributed by atoms with Crippen molar-refractivity contribution >= 4 is 11.6 Å². The van der Waals surface area contributed by atoms with Crippen LogP contribution in [0.1, 0.15) is 73.6 Å². The Balaban J connectivity index is 1.70. The number of fused-ring (bicyclic) bond motifs is 1. The molecule has 0 aromatic rings. The molecule has 2 saturated heterocycles. The normalized spacial score (nSPS) is 49.4. The number of hydrogen-bond acceptors (Lipinski definition) is 3. The fraction of sp³-hybridized carbons (Fsp3) is 1.00. The molecule has 2 heterocycles. The standard InChI is InChI=1S/C20H35ClO3/c1-7-20-12-15(14(3)11-19(20,6)24-20)17(4,22-8-2)10-9-16-18(5,13-21)23-16/h14-16H,7-13H2,1-6H3. The quantitative estimate of drug-likeness (QED) is 0.455. The van der Waals surface area contributed by atoms with Gasteiger partial charge in [0.05, 0.1) is 28.8 Å². The van der Waals surface area contributed by atoms with Gasteiger partial charge in [0.1, 0.15) is 5.60 Å². The molecular formula is C20H35ClO3. The van der Waals surface area contributed by atoms with E-state index in [1.807, 2.05) is 0 Å². The third-order valence-electron chi connectivity index (χ3n) is 7.32. The SMILES string of the molecule is CCOC(C)(CCC1OC1(C)CCl)C1CC2(CC)OC2(C)CC1C. The Morgan fingerprint density at radius 3 is 2.50 bits per heavy atom. The summed E-state index contributed by atoms with van der Waals surface area (Å²) in [7, 11) is 0. The molecule has 4 heteroatoms. The van der Waals surface area contributed by atoms with Crippen molar-refractivity contribution in [2.75, 3.05) is 12.5 Å². The van der Waals surface area contributed by atoms with Gasteiger partial charge in [0, 0.05) is 6.61 Å². The first-order chi connectivity index (χ1) is 11.2. The van der Waals surface area contributed by atoms with Crippen LogP contribution in [0.15, 0.2) is 0 Å². The van der Waals surface area contributed by atoms with E-state index in [1.54, 1.807) is 0 Å². The summed E-state index contributed by atoms with van der Waals surface area (Å²) in [5, 5.41) is 0. The maximum absolute atomic E-state index is 6.36. The van der Waals surface area contributed by atoms with Crippen molar-refractivity contribution < 1.29 is 14.2 Å².